The molecule has 0 aliphatic carbocycles. The maximum Gasteiger partial charge on any atom is 0.348 e. The van der Waals surface area contributed by atoms with Crippen LogP contribution in [-0.4, -0.2) is 19.8 Å². The Morgan fingerprint density at radius 1 is 0.964 bits per heavy atom. The van der Waals surface area contributed by atoms with Crippen molar-refractivity contribution >= 4 is 61.4 Å². The summed E-state index contributed by atoms with van der Waals surface area (Å²) in [4.78, 5) is 13.6. The van der Waals surface area contributed by atoms with Gasteiger partial charge in [-0.05, 0) is 42.1 Å². The molecule has 0 spiro atoms. The molecular formula is C20H15NO4S3. The van der Waals surface area contributed by atoms with Crippen LogP contribution in [0.2, 0.25) is 0 Å². The van der Waals surface area contributed by atoms with Crippen LogP contribution < -0.4 is 4.31 Å². The van der Waals surface area contributed by atoms with Gasteiger partial charge in [0, 0.05) is 14.5 Å². The van der Waals surface area contributed by atoms with Crippen LogP contribution >= 0.6 is 22.7 Å². The second-order valence-electron chi connectivity index (χ2n) is 6.09. The fraction of sp³-hybridized carbons (Fsp3) is 0.0500. The van der Waals surface area contributed by atoms with Gasteiger partial charge in [0.25, 0.3) is 11.3 Å². The number of para-hydroxylation sites is 1. The predicted octanol–water partition coefficient (Wildman–Crippen LogP) is 5.91. The Morgan fingerprint density at radius 3 is 2.32 bits per heavy atom. The molecule has 0 bridgehead atoms. The molecule has 0 saturated carbocycles. The number of hydrogen-bond acceptors (Lipinski definition) is 4. The maximum atomic E-state index is 12.2. The number of anilines is 2. The lowest BCUT2D eigenvalue weighted by atomic mass is 10.2. The minimum atomic E-state index is -2.42. The van der Waals surface area contributed by atoms with Gasteiger partial charge in [-0.1, -0.05) is 36.4 Å². The molecule has 2 heterocycles. The summed E-state index contributed by atoms with van der Waals surface area (Å²) in [6, 6.07) is 18.7. The van der Waals surface area contributed by atoms with Gasteiger partial charge in [0.2, 0.25) is 0 Å². The molecule has 4 rings (SSSR count). The Morgan fingerprint density at radius 2 is 1.64 bits per heavy atom. The lowest BCUT2D eigenvalue weighted by molar-refractivity contribution is 0.0703. The highest BCUT2D eigenvalue weighted by Gasteiger charge is 2.26. The highest BCUT2D eigenvalue weighted by molar-refractivity contribution is 7.81. The third-order valence-electron chi connectivity index (χ3n) is 4.28. The van der Waals surface area contributed by atoms with E-state index >= 15 is 0 Å². The molecule has 2 aromatic heterocycles. The number of thiophene rings is 2. The molecule has 0 saturated heterocycles. The van der Waals surface area contributed by atoms with E-state index in [0.29, 0.717) is 5.69 Å². The maximum absolute atomic E-state index is 12.2. The van der Waals surface area contributed by atoms with Crippen LogP contribution in [0.5, 0.6) is 0 Å². The summed E-state index contributed by atoms with van der Waals surface area (Å²) in [5.41, 5.74) is 1.47. The molecule has 142 valence electrons. The Balaban J connectivity index is 1.89. The smallest absolute Gasteiger partial charge is 0.348 e. The zero-order valence-corrected chi connectivity index (χ0v) is 17.1. The van der Waals surface area contributed by atoms with E-state index in [2.05, 4.69) is 0 Å². The van der Waals surface area contributed by atoms with Gasteiger partial charge in [-0.15, -0.1) is 22.7 Å². The largest absolute Gasteiger partial charge is 0.477 e. The van der Waals surface area contributed by atoms with Crippen molar-refractivity contribution < 1.29 is 18.7 Å². The van der Waals surface area contributed by atoms with Gasteiger partial charge < -0.3 is 5.11 Å². The highest BCUT2D eigenvalue weighted by atomic mass is 32.2. The number of carboxylic acid groups (broad SMARTS) is 1. The number of benzene rings is 2. The second-order valence-corrected chi connectivity index (χ2v) is 9.05. The first-order chi connectivity index (χ1) is 13.5. The Labute approximate surface area is 171 Å². The van der Waals surface area contributed by atoms with Gasteiger partial charge in [-0.3, -0.25) is 4.55 Å². The van der Waals surface area contributed by atoms with E-state index in [0.717, 1.165) is 41.0 Å². The van der Waals surface area contributed by atoms with Crippen molar-refractivity contribution in [2.45, 2.75) is 6.92 Å². The number of carbonyl (C=O) groups is 1. The molecule has 5 nitrogen and oxygen atoms in total. The number of nitrogens with zero attached hydrogens (tertiary/aromatic N) is 1. The molecule has 0 fully saturated rings. The Hall–Kier alpha value is -2.52. The minimum absolute atomic E-state index is 0.0260. The van der Waals surface area contributed by atoms with Crippen molar-refractivity contribution in [3.63, 3.8) is 0 Å². The zero-order valence-electron chi connectivity index (χ0n) is 14.7. The van der Waals surface area contributed by atoms with Crippen molar-refractivity contribution in [1.82, 2.24) is 0 Å². The second kappa shape index (κ2) is 7.48. The summed E-state index contributed by atoms with van der Waals surface area (Å²) in [6.45, 7) is 1.81. The summed E-state index contributed by atoms with van der Waals surface area (Å²) >= 11 is 0.250. The molecule has 1 unspecified atom stereocenters. The van der Waals surface area contributed by atoms with Crippen LogP contribution in [0.3, 0.4) is 0 Å². The van der Waals surface area contributed by atoms with Gasteiger partial charge in [-0.2, -0.15) is 0 Å². The van der Waals surface area contributed by atoms with Gasteiger partial charge in [0.05, 0.1) is 11.4 Å². The fourth-order valence-electron chi connectivity index (χ4n) is 3.00. The molecule has 2 N–H and O–H groups in total. The number of fused-ring (bicyclic) bond motifs is 1. The highest BCUT2D eigenvalue weighted by Crippen LogP contribution is 2.44. The number of rotatable bonds is 5. The van der Waals surface area contributed by atoms with E-state index in [1.165, 1.54) is 0 Å². The molecule has 8 heteroatoms. The van der Waals surface area contributed by atoms with Crippen LogP contribution in [0.4, 0.5) is 11.4 Å². The fourth-order valence-corrected chi connectivity index (χ4v) is 5.86. The van der Waals surface area contributed by atoms with Crippen molar-refractivity contribution in [1.29, 1.82) is 0 Å². The van der Waals surface area contributed by atoms with E-state index in [9.17, 15) is 18.7 Å². The van der Waals surface area contributed by atoms with Crippen molar-refractivity contribution in [3.05, 3.63) is 71.1 Å². The lowest BCUT2D eigenvalue weighted by Gasteiger charge is -2.21. The molecule has 0 amide bonds. The van der Waals surface area contributed by atoms with Crippen LogP contribution in [0.15, 0.2) is 60.7 Å². The molecule has 4 aromatic rings. The number of aryl methyl sites for hydroxylation is 1. The van der Waals surface area contributed by atoms with E-state index in [4.69, 9.17) is 0 Å². The Kier molecular flexibility index (Phi) is 5.03. The summed E-state index contributed by atoms with van der Waals surface area (Å²) in [7, 11) is 0. The molecular weight excluding hydrogens is 414 g/mol. The van der Waals surface area contributed by atoms with Crippen molar-refractivity contribution in [3.8, 4) is 9.75 Å². The number of aromatic carboxylic acids is 1. The van der Waals surface area contributed by atoms with Crippen LogP contribution in [-0.2, 0) is 11.3 Å². The molecule has 0 radical (unpaired) electrons. The number of carboxylic acids is 1. The standard InChI is InChI=1S/C20H15NO4S3/c1-12-6-2-4-8-14(12)21(28(24)25)15-11-18(27-19(15)20(22)23)17-10-13-7-3-5-9-16(13)26-17/h2-11H,1H3,(H,22,23)(H,24,25). The summed E-state index contributed by atoms with van der Waals surface area (Å²) < 4.78 is 24.4. The summed E-state index contributed by atoms with van der Waals surface area (Å²) in [5, 5.41) is 10.8. The predicted molar refractivity (Wildman–Crippen MR) is 116 cm³/mol. The topological polar surface area (TPSA) is 77.8 Å². The van der Waals surface area contributed by atoms with Gasteiger partial charge in [0.1, 0.15) is 4.88 Å². The first kappa shape index (κ1) is 18.8. The minimum Gasteiger partial charge on any atom is -0.477 e. The third-order valence-corrected chi connectivity index (χ3v) is 7.41. The first-order valence-electron chi connectivity index (χ1n) is 8.28. The van der Waals surface area contributed by atoms with E-state index in [1.54, 1.807) is 29.5 Å². The average molecular weight is 430 g/mol. The Bertz CT molecular complexity index is 1180. The zero-order chi connectivity index (χ0) is 19.8. The van der Waals surface area contributed by atoms with Crippen LogP contribution in [0.25, 0.3) is 19.8 Å². The van der Waals surface area contributed by atoms with E-state index in [1.807, 2.05) is 49.4 Å². The van der Waals surface area contributed by atoms with Gasteiger partial charge in [-0.25, -0.2) is 13.3 Å². The molecule has 0 aliphatic heterocycles. The lowest BCUT2D eigenvalue weighted by Crippen LogP contribution is -2.21. The molecule has 28 heavy (non-hydrogen) atoms. The van der Waals surface area contributed by atoms with Gasteiger partial charge >= 0.3 is 5.97 Å². The molecule has 0 aliphatic rings. The number of hydrogen-bond donors (Lipinski definition) is 2. The first-order valence-corrected chi connectivity index (χ1v) is 11.0. The van der Waals surface area contributed by atoms with Gasteiger partial charge in [0.15, 0.2) is 0 Å². The van der Waals surface area contributed by atoms with E-state index < -0.39 is 17.2 Å². The SMILES string of the molecule is Cc1ccccc1N(c1cc(-c2cc3ccccc3s2)sc1C(=O)O)S(=O)O. The average Bonchev–Trinajstić information content (AvgIpc) is 3.27. The normalized spacial score (nSPS) is 12.2. The third kappa shape index (κ3) is 3.35. The summed E-state index contributed by atoms with van der Waals surface area (Å²) in [5.74, 6) is -1.13. The van der Waals surface area contributed by atoms with Crippen LogP contribution in [0, 0.1) is 6.92 Å². The van der Waals surface area contributed by atoms with Crippen molar-refractivity contribution in [2.24, 2.45) is 0 Å². The quantitative estimate of drug-likeness (QED) is 0.387. The van der Waals surface area contributed by atoms with Crippen LogP contribution in [0.1, 0.15) is 15.2 Å². The summed E-state index contributed by atoms with van der Waals surface area (Å²) in [6.07, 6.45) is 0. The monoisotopic (exact) mass is 429 g/mol. The molecule has 1 atom stereocenters. The van der Waals surface area contributed by atoms with E-state index in [-0.39, 0.29) is 10.6 Å². The molecule has 2 aromatic carbocycles. The van der Waals surface area contributed by atoms with Crippen molar-refractivity contribution in [2.75, 3.05) is 4.31 Å².